The second kappa shape index (κ2) is 6.69. The molecule has 0 aliphatic heterocycles. The summed E-state index contributed by atoms with van der Waals surface area (Å²) in [6.07, 6.45) is 0. The molecule has 6 heteroatoms. The molecule has 110 valence electrons. The summed E-state index contributed by atoms with van der Waals surface area (Å²) in [5.74, 6) is -0.125. The molecule has 0 saturated carbocycles. The molecule has 0 saturated heterocycles. The largest absolute Gasteiger partial charge is 0.399 e. The summed E-state index contributed by atoms with van der Waals surface area (Å²) in [5, 5.41) is 0.966. The van der Waals surface area contributed by atoms with E-state index < -0.39 is 0 Å². The molecule has 0 unspecified atom stereocenters. The normalized spacial score (nSPS) is 10.5. The third-order valence-corrected chi connectivity index (χ3v) is 4.40. The number of carbonyl (C=O) groups excluding carboxylic acids is 1. The van der Waals surface area contributed by atoms with Gasteiger partial charge in [-0.3, -0.25) is 4.79 Å². The van der Waals surface area contributed by atoms with Crippen LogP contribution in [0.25, 0.3) is 0 Å². The SMILES string of the molecule is CN(Cc1ccc(Cl)c(Cl)c1)C(=O)c1cc(N)ccc1Br. The fourth-order valence-corrected chi connectivity index (χ4v) is 2.63. The summed E-state index contributed by atoms with van der Waals surface area (Å²) in [4.78, 5) is 14.1. The van der Waals surface area contributed by atoms with Gasteiger partial charge in [0, 0.05) is 23.8 Å². The Morgan fingerprint density at radius 2 is 1.90 bits per heavy atom. The van der Waals surface area contributed by atoms with Crippen LogP contribution in [0.2, 0.25) is 10.0 Å². The first kappa shape index (κ1) is 16.1. The van der Waals surface area contributed by atoms with E-state index in [1.165, 1.54) is 0 Å². The smallest absolute Gasteiger partial charge is 0.255 e. The third-order valence-electron chi connectivity index (χ3n) is 2.97. The average Bonchev–Trinajstić information content (AvgIpc) is 2.44. The summed E-state index contributed by atoms with van der Waals surface area (Å²) >= 11 is 15.2. The lowest BCUT2D eigenvalue weighted by atomic mass is 10.1. The van der Waals surface area contributed by atoms with Gasteiger partial charge in [-0.2, -0.15) is 0 Å². The molecular formula is C15H13BrCl2N2O. The van der Waals surface area contributed by atoms with Crippen molar-refractivity contribution >= 4 is 50.7 Å². The molecule has 0 aromatic heterocycles. The number of halogens is 3. The molecule has 0 heterocycles. The molecule has 1 amide bonds. The van der Waals surface area contributed by atoms with E-state index in [0.717, 1.165) is 5.56 Å². The Bertz CT molecular complexity index is 691. The van der Waals surface area contributed by atoms with Gasteiger partial charge in [0.15, 0.2) is 0 Å². The number of hydrogen-bond acceptors (Lipinski definition) is 2. The minimum atomic E-state index is -0.125. The maximum atomic E-state index is 12.5. The average molecular weight is 388 g/mol. The van der Waals surface area contributed by atoms with Gasteiger partial charge in [0.05, 0.1) is 15.6 Å². The molecule has 2 rings (SSSR count). The number of benzene rings is 2. The Morgan fingerprint density at radius 1 is 1.19 bits per heavy atom. The molecule has 0 fully saturated rings. The monoisotopic (exact) mass is 386 g/mol. The Labute approximate surface area is 141 Å². The van der Waals surface area contributed by atoms with E-state index >= 15 is 0 Å². The maximum Gasteiger partial charge on any atom is 0.255 e. The van der Waals surface area contributed by atoms with E-state index in [9.17, 15) is 4.79 Å². The zero-order chi connectivity index (χ0) is 15.6. The summed E-state index contributed by atoms with van der Waals surface area (Å²) in [5.41, 5.74) is 7.71. The van der Waals surface area contributed by atoms with E-state index in [2.05, 4.69) is 15.9 Å². The Morgan fingerprint density at radius 3 is 2.57 bits per heavy atom. The van der Waals surface area contributed by atoms with Crippen molar-refractivity contribution in [2.75, 3.05) is 12.8 Å². The van der Waals surface area contributed by atoms with Gasteiger partial charge in [-0.15, -0.1) is 0 Å². The highest BCUT2D eigenvalue weighted by molar-refractivity contribution is 9.10. The third kappa shape index (κ3) is 3.90. The predicted molar refractivity (Wildman–Crippen MR) is 90.8 cm³/mol. The molecule has 2 N–H and O–H groups in total. The first-order valence-corrected chi connectivity index (χ1v) is 7.68. The van der Waals surface area contributed by atoms with Gasteiger partial charge in [0.1, 0.15) is 0 Å². The van der Waals surface area contributed by atoms with Crippen molar-refractivity contribution in [2.24, 2.45) is 0 Å². The molecule has 21 heavy (non-hydrogen) atoms. The first-order chi connectivity index (χ1) is 9.88. The summed E-state index contributed by atoms with van der Waals surface area (Å²) in [6, 6.07) is 10.5. The Hall–Kier alpha value is -1.23. The van der Waals surface area contributed by atoms with Crippen molar-refractivity contribution < 1.29 is 4.79 Å². The number of hydrogen-bond donors (Lipinski definition) is 1. The number of nitrogens with zero attached hydrogens (tertiary/aromatic N) is 1. The molecule has 0 radical (unpaired) electrons. The van der Waals surface area contributed by atoms with Crippen LogP contribution >= 0.6 is 39.1 Å². The standard InChI is InChI=1S/C15H13BrCl2N2O/c1-20(8-9-2-5-13(17)14(18)6-9)15(21)11-7-10(19)3-4-12(11)16/h2-7H,8,19H2,1H3. The van der Waals surface area contributed by atoms with Crippen LogP contribution < -0.4 is 5.73 Å². The van der Waals surface area contributed by atoms with Crippen molar-refractivity contribution in [2.45, 2.75) is 6.54 Å². The molecular weight excluding hydrogens is 375 g/mol. The Balaban J connectivity index is 2.19. The lowest BCUT2D eigenvalue weighted by Crippen LogP contribution is -2.26. The van der Waals surface area contributed by atoms with Crippen molar-refractivity contribution in [1.82, 2.24) is 4.90 Å². The second-order valence-electron chi connectivity index (χ2n) is 4.65. The molecule has 0 aliphatic carbocycles. The first-order valence-electron chi connectivity index (χ1n) is 6.13. The zero-order valence-corrected chi connectivity index (χ0v) is 14.3. The van der Waals surface area contributed by atoms with Crippen LogP contribution in [0.15, 0.2) is 40.9 Å². The highest BCUT2D eigenvalue weighted by atomic mass is 79.9. The second-order valence-corrected chi connectivity index (χ2v) is 6.32. The molecule has 3 nitrogen and oxygen atoms in total. The van der Waals surface area contributed by atoms with Crippen LogP contribution in [0.5, 0.6) is 0 Å². The van der Waals surface area contributed by atoms with Crippen molar-refractivity contribution in [3.8, 4) is 0 Å². The fourth-order valence-electron chi connectivity index (χ4n) is 1.90. The minimum Gasteiger partial charge on any atom is -0.399 e. The lowest BCUT2D eigenvalue weighted by Gasteiger charge is -2.18. The summed E-state index contributed by atoms with van der Waals surface area (Å²) < 4.78 is 0.711. The highest BCUT2D eigenvalue weighted by Gasteiger charge is 2.16. The van der Waals surface area contributed by atoms with Crippen molar-refractivity contribution in [1.29, 1.82) is 0 Å². The van der Waals surface area contributed by atoms with E-state index in [0.29, 0.717) is 32.3 Å². The molecule has 0 aliphatic rings. The van der Waals surface area contributed by atoms with Crippen molar-refractivity contribution in [3.05, 3.63) is 62.0 Å². The van der Waals surface area contributed by atoms with Crippen molar-refractivity contribution in [3.63, 3.8) is 0 Å². The molecule has 2 aromatic carbocycles. The van der Waals surface area contributed by atoms with E-state index in [1.807, 2.05) is 6.07 Å². The van der Waals surface area contributed by atoms with Crippen LogP contribution in [0.3, 0.4) is 0 Å². The molecule has 2 aromatic rings. The Kier molecular flexibility index (Phi) is 5.14. The van der Waals surface area contributed by atoms with E-state index in [1.54, 1.807) is 42.3 Å². The highest BCUT2D eigenvalue weighted by Crippen LogP contribution is 2.24. The number of nitrogens with two attached hydrogens (primary N) is 1. The number of anilines is 1. The fraction of sp³-hybridized carbons (Fsp3) is 0.133. The zero-order valence-electron chi connectivity index (χ0n) is 11.2. The summed E-state index contributed by atoms with van der Waals surface area (Å²) in [6.45, 7) is 0.428. The van der Waals surface area contributed by atoms with Gasteiger partial charge >= 0.3 is 0 Å². The topological polar surface area (TPSA) is 46.3 Å². The van der Waals surface area contributed by atoms with Gasteiger partial charge in [-0.1, -0.05) is 29.3 Å². The van der Waals surface area contributed by atoms with Crippen LogP contribution in [-0.2, 0) is 6.54 Å². The van der Waals surface area contributed by atoms with E-state index in [4.69, 9.17) is 28.9 Å². The molecule has 0 atom stereocenters. The van der Waals surface area contributed by atoms with Crippen LogP contribution in [-0.4, -0.2) is 17.9 Å². The number of nitrogen functional groups attached to an aromatic ring is 1. The lowest BCUT2D eigenvalue weighted by molar-refractivity contribution is 0.0784. The van der Waals surface area contributed by atoms with Gasteiger partial charge in [-0.25, -0.2) is 0 Å². The minimum absolute atomic E-state index is 0.125. The summed E-state index contributed by atoms with van der Waals surface area (Å²) in [7, 11) is 1.72. The van der Waals surface area contributed by atoms with Crippen LogP contribution in [0.1, 0.15) is 15.9 Å². The number of carbonyl (C=O) groups is 1. The number of amides is 1. The van der Waals surface area contributed by atoms with Crippen LogP contribution in [0.4, 0.5) is 5.69 Å². The van der Waals surface area contributed by atoms with Gasteiger partial charge in [0.25, 0.3) is 5.91 Å². The number of rotatable bonds is 3. The van der Waals surface area contributed by atoms with Crippen LogP contribution in [0, 0.1) is 0 Å². The predicted octanol–water partition coefficient (Wildman–Crippen LogP) is 4.61. The maximum absolute atomic E-state index is 12.5. The van der Waals surface area contributed by atoms with E-state index in [-0.39, 0.29) is 5.91 Å². The van der Waals surface area contributed by atoms with Gasteiger partial charge in [-0.05, 0) is 51.8 Å². The molecule has 0 bridgehead atoms. The quantitative estimate of drug-likeness (QED) is 0.781. The van der Waals surface area contributed by atoms with Gasteiger partial charge in [0.2, 0.25) is 0 Å². The van der Waals surface area contributed by atoms with Gasteiger partial charge < -0.3 is 10.6 Å². The molecule has 0 spiro atoms.